The zero-order chi connectivity index (χ0) is 10.6. The maximum atomic E-state index is 4.25. The fourth-order valence-electron chi connectivity index (χ4n) is 1.27. The largest absolute Gasteiger partial charge is 0.367 e. The van der Waals surface area contributed by atoms with Crippen molar-refractivity contribution >= 4 is 37.7 Å². The van der Waals surface area contributed by atoms with E-state index < -0.39 is 0 Å². The SMILES string of the molecule is CC(Br)CC(C)Nc1ncccc1Br. The number of hydrogen-bond donors (Lipinski definition) is 1. The van der Waals surface area contributed by atoms with Crippen molar-refractivity contribution in [2.24, 2.45) is 0 Å². The average molecular weight is 322 g/mol. The molecule has 4 heteroatoms. The topological polar surface area (TPSA) is 24.9 Å². The molecule has 0 aliphatic rings. The van der Waals surface area contributed by atoms with Crippen LogP contribution in [0.25, 0.3) is 0 Å². The van der Waals surface area contributed by atoms with E-state index in [9.17, 15) is 0 Å². The summed E-state index contributed by atoms with van der Waals surface area (Å²) in [5.41, 5.74) is 0. The van der Waals surface area contributed by atoms with Gasteiger partial charge in [-0.1, -0.05) is 22.9 Å². The van der Waals surface area contributed by atoms with Gasteiger partial charge in [-0.15, -0.1) is 0 Å². The molecule has 0 aliphatic carbocycles. The van der Waals surface area contributed by atoms with Crippen molar-refractivity contribution in [3.05, 3.63) is 22.8 Å². The Hall–Kier alpha value is -0.0900. The molecule has 0 fully saturated rings. The molecule has 14 heavy (non-hydrogen) atoms. The van der Waals surface area contributed by atoms with Gasteiger partial charge in [0.15, 0.2) is 0 Å². The Morgan fingerprint density at radius 1 is 1.50 bits per heavy atom. The fourth-order valence-corrected chi connectivity index (χ4v) is 2.20. The number of alkyl halides is 1. The van der Waals surface area contributed by atoms with Crippen LogP contribution in [0.4, 0.5) is 5.82 Å². The minimum atomic E-state index is 0.413. The molecule has 0 saturated heterocycles. The number of nitrogens with zero attached hydrogens (tertiary/aromatic N) is 1. The van der Waals surface area contributed by atoms with Gasteiger partial charge >= 0.3 is 0 Å². The lowest BCUT2D eigenvalue weighted by molar-refractivity contribution is 0.704. The first-order chi connectivity index (χ1) is 6.59. The Kier molecular flexibility index (Phi) is 4.89. The lowest BCUT2D eigenvalue weighted by atomic mass is 10.2. The number of hydrogen-bond acceptors (Lipinski definition) is 2. The van der Waals surface area contributed by atoms with Crippen LogP contribution in [0.15, 0.2) is 22.8 Å². The van der Waals surface area contributed by atoms with E-state index in [1.165, 1.54) is 0 Å². The van der Waals surface area contributed by atoms with Crippen LogP contribution in [-0.2, 0) is 0 Å². The highest BCUT2D eigenvalue weighted by atomic mass is 79.9. The second kappa shape index (κ2) is 5.71. The molecular formula is C10H14Br2N2. The van der Waals surface area contributed by atoms with E-state index in [0.29, 0.717) is 10.9 Å². The monoisotopic (exact) mass is 320 g/mol. The lowest BCUT2D eigenvalue weighted by Gasteiger charge is -2.16. The van der Waals surface area contributed by atoms with Crippen molar-refractivity contribution in [2.75, 3.05) is 5.32 Å². The van der Waals surface area contributed by atoms with Crippen molar-refractivity contribution in [1.29, 1.82) is 0 Å². The molecule has 2 unspecified atom stereocenters. The van der Waals surface area contributed by atoms with E-state index in [4.69, 9.17) is 0 Å². The summed E-state index contributed by atoms with van der Waals surface area (Å²) in [4.78, 5) is 4.77. The van der Waals surface area contributed by atoms with Crippen molar-refractivity contribution in [3.8, 4) is 0 Å². The van der Waals surface area contributed by atoms with Gasteiger partial charge in [0.1, 0.15) is 5.82 Å². The maximum Gasteiger partial charge on any atom is 0.140 e. The summed E-state index contributed by atoms with van der Waals surface area (Å²) in [6, 6.07) is 4.31. The van der Waals surface area contributed by atoms with Crippen LogP contribution in [0, 0.1) is 0 Å². The van der Waals surface area contributed by atoms with E-state index in [1.54, 1.807) is 6.20 Å². The third kappa shape index (κ3) is 3.96. The third-order valence-electron chi connectivity index (χ3n) is 1.82. The number of rotatable bonds is 4. The first-order valence-electron chi connectivity index (χ1n) is 4.60. The standard InChI is InChI=1S/C10H14Br2N2/c1-7(11)6-8(2)14-10-9(12)4-3-5-13-10/h3-5,7-8H,6H2,1-2H3,(H,13,14). The summed E-state index contributed by atoms with van der Waals surface area (Å²) < 4.78 is 1.01. The molecule has 1 rings (SSSR count). The van der Waals surface area contributed by atoms with Gasteiger partial charge in [0.2, 0.25) is 0 Å². The highest BCUT2D eigenvalue weighted by Gasteiger charge is 2.07. The molecule has 0 aliphatic heterocycles. The quantitative estimate of drug-likeness (QED) is 0.853. The van der Waals surface area contributed by atoms with E-state index in [2.05, 4.69) is 56.0 Å². The molecule has 1 N–H and O–H groups in total. The van der Waals surface area contributed by atoms with Crippen LogP contribution in [0.5, 0.6) is 0 Å². The number of nitrogens with one attached hydrogen (secondary N) is 1. The third-order valence-corrected chi connectivity index (χ3v) is 2.83. The van der Waals surface area contributed by atoms with Crippen molar-refractivity contribution in [1.82, 2.24) is 4.98 Å². The van der Waals surface area contributed by atoms with Gasteiger partial charge in [0.25, 0.3) is 0 Å². The molecule has 2 nitrogen and oxygen atoms in total. The number of halogens is 2. The summed E-state index contributed by atoms with van der Waals surface area (Å²) in [5.74, 6) is 0.910. The van der Waals surface area contributed by atoms with Crippen molar-refractivity contribution < 1.29 is 0 Å². The van der Waals surface area contributed by atoms with Crippen LogP contribution in [0.3, 0.4) is 0 Å². The maximum absolute atomic E-state index is 4.25. The molecule has 0 aromatic carbocycles. The highest BCUT2D eigenvalue weighted by molar-refractivity contribution is 9.10. The molecule has 0 amide bonds. The minimum absolute atomic E-state index is 0.413. The van der Waals surface area contributed by atoms with Crippen molar-refractivity contribution in [3.63, 3.8) is 0 Å². The Bertz CT molecular complexity index is 289. The van der Waals surface area contributed by atoms with Gasteiger partial charge in [0.05, 0.1) is 4.47 Å². The number of pyridine rings is 1. The van der Waals surface area contributed by atoms with Crippen LogP contribution in [0.1, 0.15) is 20.3 Å². The Labute approximate surface area is 102 Å². The number of aromatic nitrogens is 1. The minimum Gasteiger partial charge on any atom is -0.367 e. The second-order valence-corrected chi connectivity index (χ2v) is 5.81. The van der Waals surface area contributed by atoms with Crippen LogP contribution in [0.2, 0.25) is 0 Å². The van der Waals surface area contributed by atoms with E-state index in [-0.39, 0.29) is 0 Å². The average Bonchev–Trinajstić information content (AvgIpc) is 2.07. The van der Waals surface area contributed by atoms with Crippen LogP contribution in [-0.4, -0.2) is 15.9 Å². The fraction of sp³-hybridized carbons (Fsp3) is 0.500. The van der Waals surface area contributed by atoms with Crippen LogP contribution < -0.4 is 5.32 Å². The summed E-state index contributed by atoms with van der Waals surface area (Å²) in [5, 5.41) is 3.35. The Morgan fingerprint density at radius 2 is 2.21 bits per heavy atom. The summed E-state index contributed by atoms with van der Waals surface area (Å²) >= 11 is 6.99. The van der Waals surface area contributed by atoms with E-state index in [1.807, 2.05) is 12.1 Å². The zero-order valence-corrected chi connectivity index (χ0v) is 11.5. The van der Waals surface area contributed by atoms with Gasteiger partial charge in [-0.3, -0.25) is 0 Å². The molecule has 1 aromatic rings. The molecule has 1 heterocycles. The second-order valence-electron chi connectivity index (χ2n) is 3.40. The highest BCUT2D eigenvalue weighted by Crippen LogP contribution is 2.20. The first-order valence-corrected chi connectivity index (χ1v) is 6.31. The summed E-state index contributed by atoms with van der Waals surface area (Å²) in [7, 11) is 0. The molecule has 0 bridgehead atoms. The van der Waals surface area contributed by atoms with Gasteiger partial charge in [-0.2, -0.15) is 0 Å². The first kappa shape index (κ1) is 12.0. The molecular weight excluding hydrogens is 308 g/mol. The molecule has 78 valence electrons. The molecule has 0 spiro atoms. The predicted molar refractivity (Wildman–Crippen MR) is 68.0 cm³/mol. The number of anilines is 1. The van der Waals surface area contributed by atoms with Crippen LogP contribution >= 0.6 is 31.9 Å². The lowest BCUT2D eigenvalue weighted by Crippen LogP contribution is -2.19. The van der Waals surface area contributed by atoms with Crippen molar-refractivity contribution in [2.45, 2.75) is 31.1 Å². The normalized spacial score (nSPS) is 14.9. The van der Waals surface area contributed by atoms with Gasteiger partial charge in [-0.25, -0.2) is 4.98 Å². The Balaban J connectivity index is 2.56. The van der Waals surface area contributed by atoms with E-state index >= 15 is 0 Å². The summed E-state index contributed by atoms with van der Waals surface area (Å²) in [6.07, 6.45) is 2.86. The van der Waals surface area contributed by atoms with Gasteiger partial charge < -0.3 is 5.32 Å². The Morgan fingerprint density at radius 3 is 2.79 bits per heavy atom. The predicted octanol–water partition coefficient (Wildman–Crippen LogP) is 3.82. The zero-order valence-electron chi connectivity index (χ0n) is 8.30. The summed E-state index contributed by atoms with van der Waals surface area (Å²) in [6.45, 7) is 4.30. The smallest absolute Gasteiger partial charge is 0.140 e. The molecule has 2 atom stereocenters. The van der Waals surface area contributed by atoms with E-state index in [0.717, 1.165) is 16.7 Å². The molecule has 0 saturated carbocycles. The van der Waals surface area contributed by atoms with Gasteiger partial charge in [0, 0.05) is 17.1 Å². The molecule has 1 aromatic heterocycles. The molecule has 0 radical (unpaired) electrons. The van der Waals surface area contributed by atoms with Gasteiger partial charge in [-0.05, 0) is 41.4 Å².